The standard InChI is InChI=1S/C7H8FNO/c1-5-4-9(2)7(10)3-6(5)8/h3-4H,1-2H3. The molecule has 0 aliphatic heterocycles. The van der Waals surface area contributed by atoms with Crippen molar-refractivity contribution >= 4 is 0 Å². The molecule has 1 aromatic heterocycles. The van der Waals surface area contributed by atoms with Crippen LogP contribution in [0.3, 0.4) is 0 Å². The van der Waals surface area contributed by atoms with Gasteiger partial charge in [0.05, 0.1) is 0 Å². The Morgan fingerprint density at radius 2 is 2.20 bits per heavy atom. The molecule has 0 unspecified atom stereocenters. The molecule has 0 N–H and O–H groups in total. The highest BCUT2D eigenvalue weighted by Gasteiger charge is 1.97. The summed E-state index contributed by atoms with van der Waals surface area (Å²) < 4.78 is 13.9. The van der Waals surface area contributed by atoms with Crippen LogP contribution in [0.2, 0.25) is 0 Å². The van der Waals surface area contributed by atoms with Gasteiger partial charge >= 0.3 is 0 Å². The lowest BCUT2D eigenvalue weighted by molar-refractivity contribution is 0.606. The summed E-state index contributed by atoms with van der Waals surface area (Å²) in [6.45, 7) is 1.62. The fraction of sp³-hybridized carbons (Fsp3) is 0.286. The van der Waals surface area contributed by atoms with E-state index in [0.29, 0.717) is 5.56 Å². The molecule has 0 fully saturated rings. The fourth-order valence-corrected chi connectivity index (χ4v) is 0.740. The Morgan fingerprint density at radius 1 is 1.60 bits per heavy atom. The van der Waals surface area contributed by atoms with Crippen LogP contribution in [0.15, 0.2) is 17.1 Å². The lowest BCUT2D eigenvalue weighted by Gasteiger charge is -1.97. The van der Waals surface area contributed by atoms with E-state index in [1.54, 1.807) is 14.0 Å². The van der Waals surface area contributed by atoms with Crippen molar-refractivity contribution in [1.82, 2.24) is 4.57 Å². The molecule has 0 bridgehead atoms. The zero-order valence-corrected chi connectivity index (χ0v) is 5.89. The molecule has 0 atom stereocenters. The average Bonchev–Trinajstić information content (AvgIpc) is 1.84. The van der Waals surface area contributed by atoms with E-state index >= 15 is 0 Å². The molecule has 0 saturated heterocycles. The second kappa shape index (κ2) is 2.25. The second-order valence-electron chi connectivity index (χ2n) is 2.25. The third kappa shape index (κ3) is 1.07. The highest BCUT2D eigenvalue weighted by atomic mass is 19.1. The topological polar surface area (TPSA) is 22.0 Å². The molecular weight excluding hydrogens is 133 g/mol. The van der Waals surface area contributed by atoms with E-state index in [0.717, 1.165) is 6.07 Å². The Balaban J connectivity index is 3.43. The van der Waals surface area contributed by atoms with Gasteiger partial charge in [-0.05, 0) is 6.92 Å². The van der Waals surface area contributed by atoms with Gasteiger partial charge in [0.1, 0.15) is 5.82 Å². The van der Waals surface area contributed by atoms with Crippen molar-refractivity contribution in [3.05, 3.63) is 34.0 Å². The second-order valence-corrected chi connectivity index (χ2v) is 2.25. The lowest BCUT2D eigenvalue weighted by atomic mass is 10.3. The molecule has 1 aromatic rings. The number of nitrogens with zero attached hydrogens (tertiary/aromatic N) is 1. The van der Waals surface area contributed by atoms with Gasteiger partial charge < -0.3 is 4.57 Å². The molecular formula is C7H8FNO. The average molecular weight is 141 g/mol. The highest BCUT2D eigenvalue weighted by molar-refractivity contribution is 5.09. The number of pyridine rings is 1. The van der Waals surface area contributed by atoms with Gasteiger partial charge in [0, 0.05) is 24.9 Å². The van der Waals surface area contributed by atoms with Gasteiger partial charge in [0.15, 0.2) is 0 Å². The van der Waals surface area contributed by atoms with E-state index in [-0.39, 0.29) is 5.56 Å². The van der Waals surface area contributed by atoms with Crippen LogP contribution < -0.4 is 5.56 Å². The molecule has 0 spiro atoms. The first-order chi connectivity index (χ1) is 4.61. The highest BCUT2D eigenvalue weighted by Crippen LogP contribution is 1.98. The monoisotopic (exact) mass is 141 g/mol. The molecule has 54 valence electrons. The molecule has 0 radical (unpaired) electrons. The summed E-state index contributed by atoms with van der Waals surface area (Å²) >= 11 is 0. The third-order valence-corrected chi connectivity index (χ3v) is 1.36. The molecule has 0 aliphatic rings. The summed E-state index contributed by atoms with van der Waals surface area (Å²) in [6, 6.07) is 0.981. The van der Waals surface area contributed by atoms with Crippen molar-refractivity contribution in [3.63, 3.8) is 0 Å². The quantitative estimate of drug-likeness (QED) is 0.524. The summed E-state index contributed by atoms with van der Waals surface area (Å²) in [6.07, 6.45) is 1.47. The van der Waals surface area contributed by atoms with E-state index in [1.807, 2.05) is 0 Å². The molecule has 3 heteroatoms. The molecule has 1 rings (SSSR count). The zero-order valence-electron chi connectivity index (χ0n) is 5.89. The maximum absolute atomic E-state index is 12.5. The Labute approximate surface area is 57.9 Å². The van der Waals surface area contributed by atoms with Crippen LogP contribution in [0, 0.1) is 12.7 Å². The van der Waals surface area contributed by atoms with Crippen molar-refractivity contribution in [2.75, 3.05) is 0 Å². The predicted molar refractivity (Wildman–Crippen MR) is 36.4 cm³/mol. The van der Waals surface area contributed by atoms with Crippen molar-refractivity contribution in [2.45, 2.75) is 6.92 Å². The number of aryl methyl sites for hydroxylation is 2. The van der Waals surface area contributed by atoms with Crippen molar-refractivity contribution in [1.29, 1.82) is 0 Å². The molecule has 10 heavy (non-hydrogen) atoms. The van der Waals surface area contributed by atoms with E-state index < -0.39 is 5.82 Å². The third-order valence-electron chi connectivity index (χ3n) is 1.36. The van der Waals surface area contributed by atoms with Crippen LogP contribution >= 0.6 is 0 Å². The predicted octanol–water partition coefficient (Wildman–Crippen LogP) is 0.833. The first kappa shape index (κ1) is 6.99. The summed E-state index contributed by atoms with van der Waals surface area (Å²) in [5.74, 6) is -0.442. The van der Waals surface area contributed by atoms with E-state index in [4.69, 9.17) is 0 Å². The SMILES string of the molecule is Cc1cn(C)c(=O)cc1F. The number of rotatable bonds is 0. The minimum Gasteiger partial charge on any atom is -0.318 e. The van der Waals surface area contributed by atoms with Gasteiger partial charge in [-0.3, -0.25) is 4.79 Å². The summed E-state index contributed by atoms with van der Waals surface area (Å²) in [5.41, 5.74) is 0.171. The maximum atomic E-state index is 12.5. The minimum absolute atomic E-state index is 0.317. The van der Waals surface area contributed by atoms with E-state index in [2.05, 4.69) is 0 Å². The van der Waals surface area contributed by atoms with Gasteiger partial charge in [-0.25, -0.2) is 4.39 Å². The Kier molecular flexibility index (Phi) is 1.57. The number of halogens is 1. The summed E-state index contributed by atoms with van der Waals surface area (Å²) in [7, 11) is 1.59. The fourth-order valence-electron chi connectivity index (χ4n) is 0.740. The molecule has 0 aromatic carbocycles. The van der Waals surface area contributed by atoms with Crippen molar-refractivity contribution in [3.8, 4) is 0 Å². The van der Waals surface area contributed by atoms with Crippen LogP contribution in [0.5, 0.6) is 0 Å². The zero-order chi connectivity index (χ0) is 7.72. The Bertz CT molecular complexity index is 303. The van der Waals surface area contributed by atoms with Crippen LogP contribution in [0.1, 0.15) is 5.56 Å². The lowest BCUT2D eigenvalue weighted by Crippen LogP contribution is -2.16. The molecule has 2 nitrogen and oxygen atoms in total. The first-order valence-corrected chi connectivity index (χ1v) is 2.94. The molecule has 0 amide bonds. The Morgan fingerprint density at radius 3 is 2.70 bits per heavy atom. The first-order valence-electron chi connectivity index (χ1n) is 2.94. The number of aromatic nitrogens is 1. The number of hydrogen-bond acceptors (Lipinski definition) is 1. The summed E-state index contributed by atoms with van der Waals surface area (Å²) in [5, 5.41) is 0. The minimum atomic E-state index is -0.442. The normalized spacial score (nSPS) is 9.90. The Hall–Kier alpha value is -1.12. The summed E-state index contributed by atoms with van der Waals surface area (Å²) in [4.78, 5) is 10.7. The van der Waals surface area contributed by atoms with Gasteiger partial charge in [0.2, 0.25) is 0 Å². The van der Waals surface area contributed by atoms with E-state index in [9.17, 15) is 9.18 Å². The van der Waals surface area contributed by atoms with Crippen LogP contribution in [0.25, 0.3) is 0 Å². The van der Waals surface area contributed by atoms with Crippen molar-refractivity contribution < 1.29 is 4.39 Å². The number of hydrogen-bond donors (Lipinski definition) is 0. The van der Waals surface area contributed by atoms with Gasteiger partial charge in [-0.15, -0.1) is 0 Å². The van der Waals surface area contributed by atoms with E-state index in [1.165, 1.54) is 10.8 Å². The largest absolute Gasteiger partial charge is 0.318 e. The molecule has 0 saturated carbocycles. The maximum Gasteiger partial charge on any atom is 0.253 e. The smallest absolute Gasteiger partial charge is 0.253 e. The molecule has 0 aliphatic carbocycles. The van der Waals surface area contributed by atoms with Crippen LogP contribution in [0.4, 0.5) is 4.39 Å². The molecule has 1 heterocycles. The van der Waals surface area contributed by atoms with Gasteiger partial charge in [-0.1, -0.05) is 0 Å². The van der Waals surface area contributed by atoms with Gasteiger partial charge in [-0.2, -0.15) is 0 Å². The van der Waals surface area contributed by atoms with Crippen molar-refractivity contribution in [2.24, 2.45) is 7.05 Å². The van der Waals surface area contributed by atoms with Crippen LogP contribution in [-0.4, -0.2) is 4.57 Å². The van der Waals surface area contributed by atoms with Crippen LogP contribution in [-0.2, 0) is 7.05 Å². The van der Waals surface area contributed by atoms with Gasteiger partial charge in [0.25, 0.3) is 5.56 Å².